The van der Waals surface area contributed by atoms with E-state index in [4.69, 9.17) is 0 Å². The largest absolute Gasteiger partial charge is 0.311 e. The lowest BCUT2D eigenvalue weighted by Crippen LogP contribution is -2.58. The highest BCUT2D eigenvalue weighted by Gasteiger charge is 2.37. The predicted octanol–water partition coefficient (Wildman–Crippen LogP) is 1.99. The number of hydrogen-bond acceptors (Lipinski definition) is 4. The van der Waals surface area contributed by atoms with Gasteiger partial charge in [-0.25, -0.2) is 0 Å². The zero-order chi connectivity index (χ0) is 14.1. The fraction of sp³-hybridized carbons (Fsp3) is 0.750. The Morgan fingerprint density at radius 2 is 2.10 bits per heavy atom. The number of nitrogens with one attached hydrogen (secondary N) is 1. The summed E-state index contributed by atoms with van der Waals surface area (Å²) in [7, 11) is 0. The minimum atomic E-state index is 0.605. The van der Waals surface area contributed by atoms with E-state index >= 15 is 0 Å². The molecule has 1 aliphatic carbocycles. The van der Waals surface area contributed by atoms with Crippen molar-refractivity contribution in [3.8, 4) is 0 Å². The average molecular weight is 274 g/mol. The molecule has 1 saturated carbocycles. The van der Waals surface area contributed by atoms with Gasteiger partial charge in [-0.3, -0.25) is 14.9 Å². The van der Waals surface area contributed by atoms with Crippen LogP contribution in [0.4, 0.5) is 0 Å². The highest BCUT2D eigenvalue weighted by atomic mass is 15.2. The Morgan fingerprint density at radius 1 is 1.30 bits per heavy atom. The second kappa shape index (κ2) is 5.78. The van der Waals surface area contributed by atoms with Gasteiger partial charge in [-0.2, -0.15) is 0 Å². The third kappa shape index (κ3) is 3.18. The van der Waals surface area contributed by atoms with Crippen LogP contribution in [0.3, 0.4) is 0 Å². The van der Waals surface area contributed by atoms with Gasteiger partial charge in [0.25, 0.3) is 0 Å². The molecule has 0 spiro atoms. The van der Waals surface area contributed by atoms with E-state index in [1.165, 1.54) is 12.8 Å². The molecule has 2 heterocycles. The van der Waals surface area contributed by atoms with Crippen LogP contribution in [0.25, 0.3) is 0 Å². The standard InChI is InChI=1S/C16H26N4/c1-11(2)16-8-19-15(13-4-5-13)10-20(16)9-14-7-17-12(3)6-18-14/h6-7,11,13,15-16,19H,4-5,8-10H2,1-3H3. The van der Waals surface area contributed by atoms with Crippen LogP contribution in [0.5, 0.6) is 0 Å². The van der Waals surface area contributed by atoms with Crippen LogP contribution in [-0.4, -0.2) is 40.0 Å². The zero-order valence-electron chi connectivity index (χ0n) is 12.8. The Balaban J connectivity index is 1.69. The molecule has 0 bridgehead atoms. The van der Waals surface area contributed by atoms with Crippen LogP contribution in [0, 0.1) is 18.8 Å². The highest BCUT2D eigenvalue weighted by molar-refractivity contribution is 5.03. The first kappa shape index (κ1) is 14.0. The van der Waals surface area contributed by atoms with Gasteiger partial charge in [0.1, 0.15) is 0 Å². The van der Waals surface area contributed by atoms with Gasteiger partial charge in [-0.1, -0.05) is 13.8 Å². The van der Waals surface area contributed by atoms with Gasteiger partial charge in [0.05, 0.1) is 11.4 Å². The van der Waals surface area contributed by atoms with E-state index in [0.717, 1.165) is 36.9 Å². The van der Waals surface area contributed by atoms with Crippen LogP contribution in [0.2, 0.25) is 0 Å². The van der Waals surface area contributed by atoms with E-state index in [1.54, 1.807) is 0 Å². The molecule has 1 N–H and O–H groups in total. The summed E-state index contributed by atoms with van der Waals surface area (Å²) in [4.78, 5) is 11.5. The third-order valence-electron chi connectivity index (χ3n) is 4.65. The molecule has 4 nitrogen and oxygen atoms in total. The summed E-state index contributed by atoms with van der Waals surface area (Å²) >= 11 is 0. The number of aryl methyl sites for hydroxylation is 1. The molecule has 0 radical (unpaired) electrons. The van der Waals surface area contributed by atoms with E-state index in [2.05, 4.69) is 34.0 Å². The Labute approximate surface area is 122 Å². The number of hydrogen-bond donors (Lipinski definition) is 1. The van der Waals surface area contributed by atoms with Crippen LogP contribution in [0.1, 0.15) is 38.1 Å². The highest BCUT2D eigenvalue weighted by Crippen LogP contribution is 2.35. The summed E-state index contributed by atoms with van der Waals surface area (Å²) in [5, 5.41) is 3.76. The van der Waals surface area contributed by atoms with E-state index < -0.39 is 0 Å². The van der Waals surface area contributed by atoms with Gasteiger partial charge >= 0.3 is 0 Å². The van der Waals surface area contributed by atoms with Crippen molar-refractivity contribution in [2.24, 2.45) is 11.8 Å². The summed E-state index contributed by atoms with van der Waals surface area (Å²) in [6.07, 6.45) is 6.62. The Bertz CT molecular complexity index is 438. The van der Waals surface area contributed by atoms with Crippen molar-refractivity contribution in [2.45, 2.75) is 52.2 Å². The van der Waals surface area contributed by atoms with E-state index in [0.29, 0.717) is 18.0 Å². The topological polar surface area (TPSA) is 41.1 Å². The molecule has 20 heavy (non-hydrogen) atoms. The number of rotatable bonds is 4. The van der Waals surface area contributed by atoms with Gasteiger partial charge in [-0.05, 0) is 31.6 Å². The molecule has 110 valence electrons. The second-order valence-electron chi connectivity index (χ2n) is 6.74. The van der Waals surface area contributed by atoms with Crippen LogP contribution < -0.4 is 5.32 Å². The minimum absolute atomic E-state index is 0.605. The summed E-state index contributed by atoms with van der Waals surface area (Å²) in [5.74, 6) is 1.58. The molecule has 2 unspecified atom stereocenters. The van der Waals surface area contributed by atoms with Crippen LogP contribution in [-0.2, 0) is 6.54 Å². The molecule has 1 saturated heterocycles. The van der Waals surface area contributed by atoms with Crippen molar-refractivity contribution < 1.29 is 0 Å². The molecule has 3 rings (SSSR count). The molecule has 1 aromatic heterocycles. The maximum absolute atomic E-state index is 4.53. The summed E-state index contributed by atoms with van der Waals surface area (Å²) < 4.78 is 0. The molecule has 1 aliphatic heterocycles. The molecule has 0 amide bonds. The Hall–Kier alpha value is -1.00. The fourth-order valence-electron chi connectivity index (χ4n) is 3.22. The van der Waals surface area contributed by atoms with Gasteiger partial charge in [0.15, 0.2) is 0 Å². The van der Waals surface area contributed by atoms with Crippen molar-refractivity contribution in [1.29, 1.82) is 0 Å². The predicted molar refractivity (Wildman–Crippen MR) is 80.3 cm³/mol. The van der Waals surface area contributed by atoms with Gasteiger partial charge in [-0.15, -0.1) is 0 Å². The summed E-state index contributed by atoms with van der Waals surface area (Å²) in [6.45, 7) is 9.82. The van der Waals surface area contributed by atoms with Gasteiger partial charge < -0.3 is 5.32 Å². The van der Waals surface area contributed by atoms with Crippen molar-refractivity contribution in [3.05, 3.63) is 23.8 Å². The zero-order valence-corrected chi connectivity index (χ0v) is 12.8. The lowest BCUT2D eigenvalue weighted by atomic mass is 9.97. The van der Waals surface area contributed by atoms with Crippen LogP contribution >= 0.6 is 0 Å². The first-order valence-corrected chi connectivity index (χ1v) is 7.88. The molecule has 2 aliphatic rings. The number of aromatic nitrogens is 2. The molecule has 2 atom stereocenters. The minimum Gasteiger partial charge on any atom is -0.311 e. The van der Waals surface area contributed by atoms with Gasteiger partial charge in [0.2, 0.25) is 0 Å². The summed E-state index contributed by atoms with van der Waals surface area (Å²) in [5.41, 5.74) is 2.09. The van der Waals surface area contributed by atoms with E-state index in [9.17, 15) is 0 Å². The lowest BCUT2D eigenvalue weighted by molar-refractivity contribution is 0.0839. The molecule has 2 fully saturated rings. The van der Waals surface area contributed by atoms with Crippen molar-refractivity contribution in [1.82, 2.24) is 20.2 Å². The molecular formula is C16H26N4. The Morgan fingerprint density at radius 3 is 2.70 bits per heavy atom. The molecule has 4 heteroatoms. The normalized spacial score (nSPS) is 28.0. The average Bonchev–Trinajstić information content (AvgIpc) is 3.25. The first-order chi connectivity index (χ1) is 9.63. The van der Waals surface area contributed by atoms with Crippen molar-refractivity contribution in [2.75, 3.05) is 13.1 Å². The fourth-order valence-corrected chi connectivity index (χ4v) is 3.22. The molecule has 0 aromatic carbocycles. The molecule has 1 aromatic rings. The lowest BCUT2D eigenvalue weighted by Gasteiger charge is -2.42. The smallest absolute Gasteiger partial charge is 0.0727 e. The van der Waals surface area contributed by atoms with E-state index in [1.807, 2.05) is 19.3 Å². The maximum atomic E-state index is 4.53. The van der Waals surface area contributed by atoms with Gasteiger partial charge in [0, 0.05) is 44.1 Å². The summed E-state index contributed by atoms with van der Waals surface area (Å²) in [6, 6.07) is 1.29. The Kier molecular flexibility index (Phi) is 4.03. The second-order valence-corrected chi connectivity index (χ2v) is 6.74. The number of piperazine rings is 1. The first-order valence-electron chi connectivity index (χ1n) is 7.88. The van der Waals surface area contributed by atoms with Crippen molar-refractivity contribution in [3.63, 3.8) is 0 Å². The SMILES string of the molecule is Cc1cnc(CN2CC(C3CC3)NCC2C(C)C)cn1. The monoisotopic (exact) mass is 274 g/mol. The third-order valence-corrected chi connectivity index (χ3v) is 4.65. The van der Waals surface area contributed by atoms with Crippen molar-refractivity contribution >= 4 is 0 Å². The number of nitrogens with zero attached hydrogens (tertiary/aromatic N) is 3. The molecular weight excluding hydrogens is 248 g/mol. The quantitative estimate of drug-likeness (QED) is 0.911. The maximum Gasteiger partial charge on any atom is 0.0727 e. The van der Waals surface area contributed by atoms with Crippen LogP contribution in [0.15, 0.2) is 12.4 Å². The van der Waals surface area contributed by atoms with E-state index in [-0.39, 0.29) is 0 Å².